The number of nitrogens with zero attached hydrogens (tertiary/aromatic N) is 3. The minimum atomic E-state index is -0.242. The predicted octanol–water partition coefficient (Wildman–Crippen LogP) is 4.14. The Balaban J connectivity index is 1.76. The van der Waals surface area contributed by atoms with Crippen LogP contribution >= 0.6 is 11.6 Å². The van der Waals surface area contributed by atoms with Crippen molar-refractivity contribution in [1.82, 2.24) is 15.3 Å². The van der Waals surface area contributed by atoms with Crippen molar-refractivity contribution in [1.29, 1.82) is 0 Å². The number of nitrogens with one attached hydrogen (secondary N) is 1. The molecule has 6 heteroatoms. The summed E-state index contributed by atoms with van der Waals surface area (Å²) in [6.07, 6.45) is 0. The Morgan fingerprint density at radius 3 is 2.46 bits per heavy atom. The first-order chi connectivity index (χ1) is 12.5. The highest BCUT2D eigenvalue weighted by molar-refractivity contribution is 6.30. The van der Waals surface area contributed by atoms with Crippen LogP contribution in [-0.2, 0) is 6.54 Å². The van der Waals surface area contributed by atoms with Crippen LogP contribution in [0.2, 0.25) is 5.02 Å². The van der Waals surface area contributed by atoms with Gasteiger partial charge in [-0.15, -0.1) is 0 Å². The molecule has 0 atom stereocenters. The topological polar surface area (TPSA) is 58.1 Å². The van der Waals surface area contributed by atoms with Crippen molar-refractivity contribution in [3.05, 3.63) is 82.6 Å². The zero-order chi connectivity index (χ0) is 18.5. The van der Waals surface area contributed by atoms with Crippen LogP contribution in [0.1, 0.15) is 21.7 Å². The fourth-order valence-corrected chi connectivity index (χ4v) is 2.59. The summed E-state index contributed by atoms with van der Waals surface area (Å²) in [5, 5.41) is 3.54. The fraction of sp³-hybridized carbons (Fsp3) is 0.150. The SMILES string of the molecule is Cc1cc(C(=O)NCc2ccc(Cl)cc2)nc(N(C)c2ccccc2)n1. The van der Waals surface area contributed by atoms with E-state index in [0.717, 1.165) is 16.9 Å². The first-order valence-electron chi connectivity index (χ1n) is 8.20. The van der Waals surface area contributed by atoms with Crippen molar-refractivity contribution in [3.63, 3.8) is 0 Å². The van der Waals surface area contributed by atoms with Crippen molar-refractivity contribution >= 4 is 29.1 Å². The maximum absolute atomic E-state index is 12.5. The molecule has 0 aliphatic heterocycles. The molecule has 1 N–H and O–H groups in total. The molecule has 1 aromatic heterocycles. The van der Waals surface area contributed by atoms with Gasteiger partial charge in [0.05, 0.1) is 0 Å². The first-order valence-corrected chi connectivity index (χ1v) is 8.58. The lowest BCUT2D eigenvalue weighted by molar-refractivity contribution is 0.0945. The standard InChI is InChI=1S/C20H19ClN4O/c1-14-12-18(19(26)22-13-15-8-10-16(21)11-9-15)24-20(23-14)25(2)17-6-4-3-5-7-17/h3-12H,13H2,1-2H3,(H,22,26). The largest absolute Gasteiger partial charge is 0.347 e. The van der Waals surface area contributed by atoms with E-state index in [0.29, 0.717) is 23.2 Å². The number of carbonyl (C=O) groups is 1. The lowest BCUT2D eigenvalue weighted by atomic mass is 10.2. The Kier molecular flexibility index (Phi) is 5.49. The van der Waals surface area contributed by atoms with Crippen LogP contribution in [0.3, 0.4) is 0 Å². The number of para-hydroxylation sites is 1. The van der Waals surface area contributed by atoms with Gasteiger partial charge < -0.3 is 10.2 Å². The molecule has 3 aromatic rings. The van der Waals surface area contributed by atoms with Crippen molar-refractivity contribution in [2.24, 2.45) is 0 Å². The Bertz CT molecular complexity index is 897. The van der Waals surface area contributed by atoms with Crippen molar-refractivity contribution < 1.29 is 4.79 Å². The molecule has 0 saturated carbocycles. The summed E-state index contributed by atoms with van der Waals surface area (Å²) in [7, 11) is 1.87. The lowest BCUT2D eigenvalue weighted by Gasteiger charge is -2.18. The van der Waals surface area contributed by atoms with E-state index in [1.165, 1.54) is 0 Å². The number of aromatic nitrogens is 2. The third-order valence-electron chi connectivity index (χ3n) is 3.88. The van der Waals surface area contributed by atoms with Gasteiger partial charge in [-0.2, -0.15) is 0 Å². The van der Waals surface area contributed by atoms with E-state index >= 15 is 0 Å². The van der Waals surface area contributed by atoms with Gasteiger partial charge >= 0.3 is 0 Å². The van der Waals surface area contributed by atoms with Gasteiger partial charge in [0, 0.05) is 30.0 Å². The molecule has 132 valence electrons. The number of rotatable bonds is 5. The van der Waals surface area contributed by atoms with Crippen molar-refractivity contribution in [3.8, 4) is 0 Å². The molecule has 0 spiro atoms. The summed E-state index contributed by atoms with van der Waals surface area (Å²) in [6.45, 7) is 2.25. The quantitative estimate of drug-likeness (QED) is 0.737. The molecule has 0 bridgehead atoms. The van der Waals surface area contributed by atoms with Gasteiger partial charge in [0.15, 0.2) is 0 Å². The van der Waals surface area contributed by atoms with Crippen LogP contribution in [0, 0.1) is 6.92 Å². The first kappa shape index (κ1) is 17.9. The third kappa shape index (κ3) is 4.37. The van der Waals surface area contributed by atoms with Gasteiger partial charge in [-0.25, -0.2) is 9.97 Å². The van der Waals surface area contributed by atoms with Crippen LogP contribution in [0.25, 0.3) is 0 Å². The predicted molar refractivity (Wildman–Crippen MR) is 104 cm³/mol. The number of benzene rings is 2. The molecular formula is C20H19ClN4O. The number of carbonyl (C=O) groups excluding carboxylic acids is 1. The van der Waals surface area contributed by atoms with Gasteiger partial charge in [-0.1, -0.05) is 41.9 Å². The van der Waals surface area contributed by atoms with E-state index in [4.69, 9.17) is 11.6 Å². The molecule has 1 amide bonds. The normalized spacial score (nSPS) is 10.4. The molecule has 0 aliphatic carbocycles. The van der Waals surface area contributed by atoms with Crippen LogP contribution in [0.4, 0.5) is 11.6 Å². The second kappa shape index (κ2) is 7.97. The molecule has 0 fully saturated rings. The highest BCUT2D eigenvalue weighted by Crippen LogP contribution is 2.20. The average molecular weight is 367 g/mol. The molecule has 3 rings (SSSR count). The molecule has 1 heterocycles. The highest BCUT2D eigenvalue weighted by Gasteiger charge is 2.13. The van der Waals surface area contributed by atoms with E-state index in [-0.39, 0.29) is 5.91 Å². The zero-order valence-corrected chi connectivity index (χ0v) is 15.4. The summed E-state index contributed by atoms with van der Waals surface area (Å²) in [5.41, 5.74) is 2.99. The number of anilines is 2. The number of halogens is 1. The molecule has 0 aliphatic rings. The molecular weight excluding hydrogens is 348 g/mol. The van der Waals surface area contributed by atoms with Gasteiger partial charge in [-0.3, -0.25) is 4.79 Å². The molecule has 2 aromatic carbocycles. The van der Waals surface area contributed by atoms with E-state index in [1.54, 1.807) is 18.2 Å². The fourth-order valence-electron chi connectivity index (χ4n) is 2.46. The Labute approximate surface area is 157 Å². The van der Waals surface area contributed by atoms with Gasteiger partial charge in [0.2, 0.25) is 5.95 Å². The smallest absolute Gasteiger partial charge is 0.270 e. The molecule has 0 saturated heterocycles. The Hall–Kier alpha value is -2.92. The summed E-state index contributed by atoms with van der Waals surface area (Å²) in [5.74, 6) is 0.237. The van der Waals surface area contributed by atoms with Gasteiger partial charge in [0.25, 0.3) is 5.91 Å². The summed E-state index contributed by atoms with van der Waals surface area (Å²) < 4.78 is 0. The number of hydrogen-bond acceptors (Lipinski definition) is 4. The summed E-state index contributed by atoms with van der Waals surface area (Å²) >= 11 is 5.88. The molecule has 5 nitrogen and oxygen atoms in total. The molecule has 0 unspecified atom stereocenters. The Morgan fingerprint density at radius 2 is 1.77 bits per heavy atom. The third-order valence-corrected chi connectivity index (χ3v) is 4.14. The Morgan fingerprint density at radius 1 is 1.08 bits per heavy atom. The lowest BCUT2D eigenvalue weighted by Crippen LogP contribution is -2.25. The second-order valence-corrected chi connectivity index (χ2v) is 6.33. The minimum absolute atomic E-state index is 0.242. The molecule has 0 radical (unpaired) electrons. The van der Waals surface area contributed by atoms with Gasteiger partial charge in [0.1, 0.15) is 5.69 Å². The van der Waals surface area contributed by atoms with E-state index in [9.17, 15) is 4.79 Å². The van der Waals surface area contributed by atoms with E-state index in [2.05, 4.69) is 15.3 Å². The maximum Gasteiger partial charge on any atom is 0.270 e. The highest BCUT2D eigenvalue weighted by atomic mass is 35.5. The second-order valence-electron chi connectivity index (χ2n) is 5.90. The van der Waals surface area contributed by atoms with Crippen LogP contribution in [0.15, 0.2) is 60.7 Å². The number of aryl methyl sites for hydroxylation is 1. The number of hydrogen-bond donors (Lipinski definition) is 1. The van der Waals surface area contributed by atoms with Gasteiger partial charge in [-0.05, 0) is 42.8 Å². The van der Waals surface area contributed by atoms with E-state index in [1.807, 2.05) is 61.3 Å². The van der Waals surface area contributed by atoms with Crippen LogP contribution < -0.4 is 10.2 Å². The van der Waals surface area contributed by atoms with Crippen LogP contribution in [0.5, 0.6) is 0 Å². The number of amides is 1. The molecule has 26 heavy (non-hydrogen) atoms. The summed E-state index contributed by atoms with van der Waals surface area (Å²) in [6, 6.07) is 18.8. The summed E-state index contributed by atoms with van der Waals surface area (Å²) in [4.78, 5) is 23.2. The maximum atomic E-state index is 12.5. The van der Waals surface area contributed by atoms with Crippen molar-refractivity contribution in [2.75, 3.05) is 11.9 Å². The van der Waals surface area contributed by atoms with E-state index < -0.39 is 0 Å². The monoisotopic (exact) mass is 366 g/mol. The zero-order valence-electron chi connectivity index (χ0n) is 14.6. The average Bonchev–Trinajstić information content (AvgIpc) is 2.67. The van der Waals surface area contributed by atoms with Crippen LogP contribution in [-0.4, -0.2) is 22.9 Å². The van der Waals surface area contributed by atoms with Crippen molar-refractivity contribution in [2.45, 2.75) is 13.5 Å². The minimum Gasteiger partial charge on any atom is -0.347 e.